The maximum absolute atomic E-state index is 12.4. The number of thioether (sulfide) groups is 1. The molecule has 0 aliphatic rings. The zero-order chi connectivity index (χ0) is 19.2. The SMILES string of the molecule is CSc1nccn1-c1ccc(C(=O)NCc2cccc(NC(C)=O)c2)cc1. The Bertz CT molecular complexity index is 951. The molecule has 0 saturated carbocycles. The fourth-order valence-corrected chi connectivity index (χ4v) is 3.19. The standard InChI is InChI=1S/C20H20N4O2S/c1-14(25)23-17-5-3-4-15(12-17)13-22-19(26)16-6-8-18(9-7-16)24-11-10-21-20(24)27-2/h3-12H,13H2,1-2H3,(H,22,26)(H,23,25). The molecule has 6 nitrogen and oxygen atoms in total. The third kappa shape index (κ3) is 4.77. The highest BCUT2D eigenvalue weighted by atomic mass is 32.2. The zero-order valence-electron chi connectivity index (χ0n) is 15.1. The van der Waals surface area contributed by atoms with Crippen molar-refractivity contribution in [2.24, 2.45) is 0 Å². The first-order chi connectivity index (χ1) is 13.1. The van der Waals surface area contributed by atoms with Gasteiger partial charge in [0, 0.05) is 42.8 Å². The van der Waals surface area contributed by atoms with Crippen LogP contribution in [0.15, 0.2) is 66.1 Å². The number of aromatic nitrogens is 2. The van der Waals surface area contributed by atoms with E-state index in [1.165, 1.54) is 6.92 Å². The second-order valence-corrected chi connectivity index (χ2v) is 6.67. The first-order valence-electron chi connectivity index (χ1n) is 8.39. The fraction of sp³-hybridized carbons (Fsp3) is 0.150. The Balaban J connectivity index is 1.64. The van der Waals surface area contributed by atoms with E-state index in [1.54, 1.807) is 30.1 Å². The molecule has 0 spiro atoms. The van der Waals surface area contributed by atoms with Gasteiger partial charge in [-0.25, -0.2) is 4.98 Å². The van der Waals surface area contributed by atoms with Crippen LogP contribution in [-0.4, -0.2) is 27.6 Å². The summed E-state index contributed by atoms with van der Waals surface area (Å²) in [6, 6.07) is 14.8. The van der Waals surface area contributed by atoms with Crippen LogP contribution >= 0.6 is 11.8 Å². The second-order valence-electron chi connectivity index (χ2n) is 5.90. The van der Waals surface area contributed by atoms with Crippen LogP contribution in [0.5, 0.6) is 0 Å². The summed E-state index contributed by atoms with van der Waals surface area (Å²) in [5.74, 6) is -0.277. The summed E-state index contributed by atoms with van der Waals surface area (Å²) >= 11 is 1.56. The Morgan fingerprint density at radius 2 is 1.93 bits per heavy atom. The molecular weight excluding hydrogens is 360 g/mol. The third-order valence-corrected chi connectivity index (χ3v) is 4.56. The topological polar surface area (TPSA) is 76.0 Å². The van der Waals surface area contributed by atoms with Crippen molar-refractivity contribution in [2.45, 2.75) is 18.6 Å². The Morgan fingerprint density at radius 3 is 2.63 bits per heavy atom. The molecule has 27 heavy (non-hydrogen) atoms. The minimum Gasteiger partial charge on any atom is -0.348 e. The molecule has 1 aromatic heterocycles. The van der Waals surface area contributed by atoms with Gasteiger partial charge in [-0.2, -0.15) is 0 Å². The van der Waals surface area contributed by atoms with Gasteiger partial charge < -0.3 is 10.6 Å². The Labute approximate surface area is 162 Å². The molecule has 2 amide bonds. The van der Waals surface area contributed by atoms with Crippen LogP contribution in [0.1, 0.15) is 22.8 Å². The van der Waals surface area contributed by atoms with E-state index in [0.717, 1.165) is 16.4 Å². The van der Waals surface area contributed by atoms with E-state index in [-0.39, 0.29) is 11.8 Å². The van der Waals surface area contributed by atoms with Gasteiger partial charge in [0.05, 0.1) is 0 Å². The van der Waals surface area contributed by atoms with Crippen molar-refractivity contribution in [3.05, 3.63) is 72.1 Å². The summed E-state index contributed by atoms with van der Waals surface area (Å²) in [6.45, 7) is 1.84. The van der Waals surface area contributed by atoms with Gasteiger partial charge in [0.2, 0.25) is 5.91 Å². The van der Waals surface area contributed by atoms with Gasteiger partial charge in [-0.05, 0) is 48.2 Å². The molecular formula is C20H20N4O2S. The van der Waals surface area contributed by atoms with Crippen molar-refractivity contribution < 1.29 is 9.59 Å². The minimum atomic E-state index is -0.151. The number of hydrogen-bond acceptors (Lipinski definition) is 4. The monoisotopic (exact) mass is 380 g/mol. The van der Waals surface area contributed by atoms with Crippen molar-refractivity contribution in [3.63, 3.8) is 0 Å². The lowest BCUT2D eigenvalue weighted by atomic mass is 10.1. The highest BCUT2D eigenvalue weighted by Gasteiger charge is 2.08. The summed E-state index contributed by atoms with van der Waals surface area (Å²) in [7, 11) is 0. The normalized spacial score (nSPS) is 10.4. The van der Waals surface area contributed by atoms with Gasteiger partial charge in [-0.15, -0.1) is 0 Å². The average Bonchev–Trinajstić information content (AvgIpc) is 3.15. The highest BCUT2D eigenvalue weighted by molar-refractivity contribution is 7.98. The lowest BCUT2D eigenvalue weighted by molar-refractivity contribution is -0.114. The van der Waals surface area contributed by atoms with E-state index >= 15 is 0 Å². The van der Waals surface area contributed by atoms with Gasteiger partial charge in [0.25, 0.3) is 5.91 Å². The van der Waals surface area contributed by atoms with Crippen LogP contribution in [0, 0.1) is 0 Å². The number of benzene rings is 2. The van der Waals surface area contributed by atoms with Gasteiger partial charge in [0.1, 0.15) is 0 Å². The summed E-state index contributed by atoms with van der Waals surface area (Å²) in [4.78, 5) is 27.8. The molecule has 0 atom stereocenters. The van der Waals surface area contributed by atoms with E-state index in [2.05, 4.69) is 15.6 Å². The molecule has 3 aromatic rings. The smallest absolute Gasteiger partial charge is 0.251 e. The molecule has 7 heteroatoms. The molecule has 0 bridgehead atoms. The number of nitrogens with zero attached hydrogens (tertiary/aromatic N) is 2. The minimum absolute atomic E-state index is 0.126. The number of hydrogen-bond donors (Lipinski definition) is 2. The summed E-state index contributed by atoms with van der Waals surface area (Å²) in [5.41, 5.74) is 3.16. The molecule has 0 radical (unpaired) electrons. The predicted molar refractivity (Wildman–Crippen MR) is 107 cm³/mol. The summed E-state index contributed by atoms with van der Waals surface area (Å²) in [6.07, 6.45) is 5.62. The number of carbonyl (C=O) groups is 2. The molecule has 3 rings (SSSR count). The Hall–Kier alpha value is -3.06. The lowest BCUT2D eigenvalue weighted by Crippen LogP contribution is -2.22. The number of anilines is 1. The average molecular weight is 380 g/mol. The molecule has 0 fully saturated rings. The molecule has 0 aliphatic carbocycles. The van der Waals surface area contributed by atoms with Gasteiger partial charge in [0.15, 0.2) is 5.16 Å². The maximum atomic E-state index is 12.4. The van der Waals surface area contributed by atoms with Crippen molar-refractivity contribution in [1.29, 1.82) is 0 Å². The summed E-state index contributed by atoms with van der Waals surface area (Å²) < 4.78 is 1.97. The molecule has 1 heterocycles. The van der Waals surface area contributed by atoms with Crippen LogP contribution in [0.4, 0.5) is 5.69 Å². The molecule has 2 N–H and O–H groups in total. The fourth-order valence-electron chi connectivity index (χ4n) is 2.66. The third-order valence-electron chi connectivity index (χ3n) is 3.90. The van der Waals surface area contributed by atoms with Crippen molar-refractivity contribution in [1.82, 2.24) is 14.9 Å². The number of rotatable bonds is 6. The Morgan fingerprint density at radius 1 is 1.15 bits per heavy atom. The highest BCUT2D eigenvalue weighted by Crippen LogP contribution is 2.18. The lowest BCUT2D eigenvalue weighted by Gasteiger charge is -2.09. The largest absolute Gasteiger partial charge is 0.348 e. The van der Waals surface area contributed by atoms with Crippen LogP contribution in [0.3, 0.4) is 0 Å². The van der Waals surface area contributed by atoms with Crippen LogP contribution in [-0.2, 0) is 11.3 Å². The van der Waals surface area contributed by atoms with E-state index in [4.69, 9.17) is 0 Å². The van der Waals surface area contributed by atoms with E-state index < -0.39 is 0 Å². The second kappa shape index (κ2) is 8.55. The van der Waals surface area contributed by atoms with E-state index in [9.17, 15) is 9.59 Å². The number of imidazole rings is 1. The van der Waals surface area contributed by atoms with E-state index in [0.29, 0.717) is 17.8 Å². The molecule has 138 valence electrons. The van der Waals surface area contributed by atoms with Gasteiger partial charge in [-0.1, -0.05) is 23.9 Å². The molecule has 2 aromatic carbocycles. The Kier molecular flexibility index (Phi) is 5.93. The van der Waals surface area contributed by atoms with E-state index in [1.807, 2.05) is 53.4 Å². The molecule has 0 unspecified atom stereocenters. The van der Waals surface area contributed by atoms with Gasteiger partial charge >= 0.3 is 0 Å². The van der Waals surface area contributed by atoms with Gasteiger partial charge in [-0.3, -0.25) is 14.2 Å². The number of nitrogens with one attached hydrogen (secondary N) is 2. The number of carbonyl (C=O) groups excluding carboxylic acids is 2. The zero-order valence-corrected chi connectivity index (χ0v) is 15.9. The molecule has 0 saturated heterocycles. The maximum Gasteiger partial charge on any atom is 0.251 e. The van der Waals surface area contributed by atoms with Crippen LogP contribution in [0.2, 0.25) is 0 Å². The van der Waals surface area contributed by atoms with Crippen molar-refractivity contribution >= 4 is 29.3 Å². The number of amides is 2. The van der Waals surface area contributed by atoms with Crippen molar-refractivity contribution in [3.8, 4) is 5.69 Å². The first kappa shape index (κ1) is 18.7. The summed E-state index contributed by atoms with van der Waals surface area (Å²) in [5, 5.41) is 6.52. The van der Waals surface area contributed by atoms with Crippen LogP contribution in [0.25, 0.3) is 5.69 Å². The van der Waals surface area contributed by atoms with Crippen LogP contribution < -0.4 is 10.6 Å². The first-order valence-corrected chi connectivity index (χ1v) is 9.62. The predicted octanol–water partition coefficient (Wildman–Crippen LogP) is 3.48. The van der Waals surface area contributed by atoms with Crippen molar-refractivity contribution in [2.75, 3.05) is 11.6 Å². The quantitative estimate of drug-likeness (QED) is 0.642. The molecule has 0 aliphatic heterocycles.